The van der Waals surface area contributed by atoms with Gasteiger partial charge in [-0.15, -0.1) is 0 Å². The van der Waals surface area contributed by atoms with Crippen molar-refractivity contribution in [2.45, 2.75) is 39.3 Å². The zero-order valence-electron chi connectivity index (χ0n) is 11.2. The molecule has 0 saturated heterocycles. The van der Waals surface area contributed by atoms with Gasteiger partial charge in [0.1, 0.15) is 5.75 Å². The third-order valence-corrected chi connectivity index (χ3v) is 3.08. The molecule has 5 heteroatoms. The first-order valence-electron chi connectivity index (χ1n) is 6.17. The van der Waals surface area contributed by atoms with Gasteiger partial charge in [-0.1, -0.05) is 0 Å². The van der Waals surface area contributed by atoms with Gasteiger partial charge < -0.3 is 15.8 Å². The van der Waals surface area contributed by atoms with Crippen LogP contribution in [0.15, 0.2) is 11.2 Å². The number of aliphatic imine (C=N–C) groups is 1. The Morgan fingerprint density at radius 2 is 2.28 bits per heavy atom. The number of ether oxygens (including phenoxy) is 1. The maximum Gasteiger partial charge on any atom is 0.189 e. The smallest absolute Gasteiger partial charge is 0.189 e. The molecule has 3 N–H and O–H groups in total. The molecule has 0 radical (unpaired) electrons. The Hall–Kier alpha value is -1.78. The minimum atomic E-state index is 0.480. The molecule has 1 heterocycles. The summed E-state index contributed by atoms with van der Waals surface area (Å²) in [5.74, 6) is 1.38. The third kappa shape index (κ3) is 2.91. The molecule has 0 atom stereocenters. The zero-order valence-corrected chi connectivity index (χ0v) is 11.2. The molecular formula is C13H20N4O. The number of nitrogens with two attached hydrogens (primary N) is 1. The zero-order chi connectivity index (χ0) is 13.1. The van der Waals surface area contributed by atoms with Crippen molar-refractivity contribution in [1.29, 1.82) is 0 Å². The van der Waals surface area contributed by atoms with E-state index in [2.05, 4.69) is 15.3 Å². The van der Waals surface area contributed by atoms with Crippen LogP contribution in [0.4, 0.5) is 0 Å². The fraction of sp³-hybridized carbons (Fsp3) is 0.538. The second-order valence-electron chi connectivity index (χ2n) is 4.67. The predicted octanol–water partition coefficient (Wildman–Crippen LogP) is 1.27. The largest absolute Gasteiger partial charge is 0.496 e. The summed E-state index contributed by atoms with van der Waals surface area (Å²) in [5.41, 5.74) is 8.76. The van der Waals surface area contributed by atoms with E-state index in [4.69, 9.17) is 10.5 Å². The summed E-state index contributed by atoms with van der Waals surface area (Å²) >= 11 is 0. The molecule has 2 rings (SSSR count). The molecule has 1 aromatic heterocycles. The molecule has 18 heavy (non-hydrogen) atoms. The predicted molar refractivity (Wildman–Crippen MR) is 71.7 cm³/mol. The lowest BCUT2D eigenvalue weighted by molar-refractivity contribution is 0.407. The average Bonchev–Trinajstić information content (AvgIpc) is 3.12. The van der Waals surface area contributed by atoms with Crippen molar-refractivity contribution >= 4 is 5.96 Å². The normalized spacial score (nSPS) is 15.6. The van der Waals surface area contributed by atoms with Crippen LogP contribution < -0.4 is 15.8 Å². The van der Waals surface area contributed by atoms with Gasteiger partial charge in [0.05, 0.1) is 19.3 Å². The minimum absolute atomic E-state index is 0.480. The van der Waals surface area contributed by atoms with Crippen LogP contribution >= 0.6 is 0 Å². The van der Waals surface area contributed by atoms with Gasteiger partial charge in [-0.3, -0.25) is 4.98 Å². The fourth-order valence-corrected chi connectivity index (χ4v) is 1.87. The topological polar surface area (TPSA) is 72.5 Å². The van der Waals surface area contributed by atoms with Gasteiger partial charge in [0.15, 0.2) is 5.96 Å². The molecule has 5 nitrogen and oxygen atoms in total. The van der Waals surface area contributed by atoms with Crippen molar-refractivity contribution in [1.82, 2.24) is 10.3 Å². The van der Waals surface area contributed by atoms with Gasteiger partial charge in [0.25, 0.3) is 0 Å². The molecule has 1 fully saturated rings. The Morgan fingerprint density at radius 3 is 2.89 bits per heavy atom. The number of pyridine rings is 1. The van der Waals surface area contributed by atoms with Crippen molar-refractivity contribution in [3.63, 3.8) is 0 Å². The molecule has 0 aliphatic heterocycles. The van der Waals surface area contributed by atoms with Gasteiger partial charge in [-0.05, 0) is 26.7 Å². The molecule has 1 aliphatic carbocycles. The molecule has 0 aromatic carbocycles. The summed E-state index contributed by atoms with van der Waals surface area (Å²) in [7, 11) is 1.67. The summed E-state index contributed by atoms with van der Waals surface area (Å²) in [6, 6.07) is 0.523. The number of rotatable bonds is 4. The van der Waals surface area contributed by atoms with Crippen LogP contribution in [0.1, 0.15) is 29.7 Å². The van der Waals surface area contributed by atoms with Crippen molar-refractivity contribution in [3.05, 3.63) is 23.0 Å². The highest BCUT2D eigenvalue weighted by atomic mass is 16.5. The lowest BCUT2D eigenvalue weighted by Gasteiger charge is -2.11. The van der Waals surface area contributed by atoms with Gasteiger partial charge in [-0.25, -0.2) is 4.99 Å². The highest BCUT2D eigenvalue weighted by Gasteiger charge is 2.21. The number of nitrogens with zero attached hydrogens (tertiary/aromatic N) is 2. The van der Waals surface area contributed by atoms with Crippen LogP contribution in [0.3, 0.4) is 0 Å². The Labute approximate surface area is 107 Å². The number of hydrogen-bond acceptors (Lipinski definition) is 3. The summed E-state index contributed by atoms with van der Waals surface area (Å²) in [6.07, 6.45) is 4.18. The Bertz CT molecular complexity index is 466. The van der Waals surface area contributed by atoms with Gasteiger partial charge >= 0.3 is 0 Å². The van der Waals surface area contributed by atoms with E-state index in [1.807, 2.05) is 13.8 Å². The molecule has 0 unspecified atom stereocenters. The Morgan fingerprint density at radius 1 is 1.56 bits per heavy atom. The minimum Gasteiger partial charge on any atom is -0.496 e. The molecule has 98 valence electrons. The van der Waals surface area contributed by atoms with Crippen LogP contribution in [-0.4, -0.2) is 24.1 Å². The highest BCUT2D eigenvalue weighted by Crippen LogP contribution is 2.24. The van der Waals surface area contributed by atoms with E-state index in [1.165, 1.54) is 12.8 Å². The van der Waals surface area contributed by atoms with Crippen molar-refractivity contribution in [2.24, 2.45) is 10.7 Å². The summed E-state index contributed by atoms with van der Waals surface area (Å²) in [5, 5.41) is 3.15. The van der Waals surface area contributed by atoms with E-state index in [0.717, 1.165) is 22.6 Å². The first-order valence-corrected chi connectivity index (χ1v) is 6.17. The van der Waals surface area contributed by atoms with Crippen LogP contribution in [0.5, 0.6) is 5.75 Å². The molecule has 0 spiro atoms. The summed E-state index contributed by atoms with van der Waals surface area (Å²) < 4.78 is 5.36. The highest BCUT2D eigenvalue weighted by molar-refractivity contribution is 5.78. The van der Waals surface area contributed by atoms with E-state index in [0.29, 0.717) is 18.5 Å². The molecular weight excluding hydrogens is 228 g/mol. The third-order valence-electron chi connectivity index (χ3n) is 3.08. The van der Waals surface area contributed by atoms with E-state index in [9.17, 15) is 0 Å². The first kappa shape index (κ1) is 12.7. The summed E-state index contributed by atoms with van der Waals surface area (Å²) in [6.45, 7) is 4.46. The number of methoxy groups -OCH3 is 1. The number of aromatic nitrogens is 1. The second kappa shape index (κ2) is 5.25. The maximum absolute atomic E-state index is 5.79. The van der Waals surface area contributed by atoms with E-state index >= 15 is 0 Å². The Balaban J connectivity index is 2.08. The quantitative estimate of drug-likeness (QED) is 0.622. The molecule has 1 aliphatic rings. The standard InChI is InChI=1S/C13H20N4O/c1-8-6-15-11(9(2)12(8)18-3)7-16-13(14)17-10-4-5-10/h6,10H,4-5,7H2,1-3H3,(H3,14,16,17). The number of nitrogens with one attached hydrogen (secondary N) is 1. The van der Waals surface area contributed by atoms with Crippen LogP contribution in [0.25, 0.3) is 0 Å². The molecule has 0 amide bonds. The summed E-state index contributed by atoms with van der Waals surface area (Å²) in [4.78, 5) is 8.69. The average molecular weight is 248 g/mol. The molecule has 0 bridgehead atoms. The van der Waals surface area contributed by atoms with Crippen molar-refractivity contribution in [2.75, 3.05) is 7.11 Å². The van der Waals surface area contributed by atoms with E-state index < -0.39 is 0 Å². The number of aryl methyl sites for hydroxylation is 1. The van der Waals surface area contributed by atoms with Crippen LogP contribution in [0, 0.1) is 13.8 Å². The molecule has 1 aromatic rings. The maximum atomic E-state index is 5.79. The van der Waals surface area contributed by atoms with Crippen LogP contribution in [-0.2, 0) is 6.54 Å². The van der Waals surface area contributed by atoms with Gasteiger partial charge in [0, 0.05) is 23.4 Å². The lowest BCUT2D eigenvalue weighted by Crippen LogP contribution is -2.33. The van der Waals surface area contributed by atoms with Gasteiger partial charge in [-0.2, -0.15) is 0 Å². The van der Waals surface area contributed by atoms with Crippen molar-refractivity contribution in [3.8, 4) is 5.75 Å². The Kier molecular flexibility index (Phi) is 3.69. The number of guanidine groups is 1. The van der Waals surface area contributed by atoms with E-state index in [1.54, 1.807) is 13.3 Å². The fourth-order valence-electron chi connectivity index (χ4n) is 1.87. The first-order chi connectivity index (χ1) is 8.61. The van der Waals surface area contributed by atoms with Crippen LogP contribution in [0.2, 0.25) is 0 Å². The monoisotopic (exact) mass is 248 g/mol. The second-order valence-corrected chi connectivity index (χ2v) is 4.67. The van der Waals surface area contributed by atoms with Gasteiger partial charge in [0.2, 0.25) is 0 Å². The molecule has 1 saturated carbocycles. The van der Waals surface area contributed by atoms with E-state index in [-0.39, 0.29) is 0 Å². The SMILES string of the molecule is COc1c(C)cnc(CN=C(N)NC2CC2)c1C. The lowest BCUT2D eigenvalue weighted by atomic mass is 10.1. The number of hydrogen-bond donors (Lipinski definition) is 2. The van der Waals surface area contributed by atoms with Crippen molar-refractivity contribution < 1.29 is 4.74 Å².